The number of aromatic nitrogens is 3. The highest BCUT2D eigenvalue weighted by atomic mass is 32.1. The van der Waals surface area contributed by atoms with Crippen molar-refractivity contribution in [1.29, 1.82) is 0 Å². The van der Waals surface area contributed by atoms with Crippen molar-refractivity contribution in [2.24, 2.45) is 0 Å². The Bertz CT molecular complexity index is 2290. The fraction of sp³-hybridized carbons (Fsp3) is 0. The van der Waals surface area contributed by atoms with E-state index < -0.39 is 0 Å². The molecule has 0 amide bonds. The molecule has 0 atom stereocenters. The number of nitrogens with zero attached hydrogens (tertiary/aromatic N) is 3. The number of fused-ring (bicyclic) bond motifs is 2. The summed E-state index contributed by atoms with van der Waals surface area (Å²) in [6, 6.07) is 36.8. The van der Waals surface area contributed by atoms with E-state index in [1.807, 2.05) is 0 Å². The van der Waals surface area contributed by atoms with Crippen LogP contribution in [0.1, 0.15) is 0 Å². The average Bonchev–Trinajstić information content (AvgIpc) is 3.69. The predicted molar refractivity (Wildman–Crippen MR) is 171 cm³/mol. The molecule has 0 aliphatic rings. The van der Waals surface area contributed by atoms with Crippen molar-refractivity contribution in [3.63, 3.8) is 0 Å². The summed E-state index contributed by atoms with van der Waals surface area (Å²) < 4.78 is 2.38. The van der Waals surface area contributed by atoms with E-state index >= 15 is 0 Å². The number of benzene rings is 6. The van der Waals surface area contributed by atoms with Gasteiger partial charge in [0.15, 0.2) is 17.5 Å². The van der Waals surface area contributed by atoms with Crippen LogP contribution in [0.4, 0.5) is 0 Å². The summed E-state index contributed by atoms with van der Waals surface area (Å²) in [6.07, 6.45) is 0. The second kappa shape index (κ2) is 8.39. The van der Waals surface area contributed by atoms with E-state index in [1.165, 1.54) is 47.1 Å². The average molecular weight is 546 g/mol. The van der Waals surface area contributed by atoms with Crippen molar-refractivity contribution in [2.45, 2.75) is 0 Å². The summed E-state index contributed by atoms with van der Waals surface area (Å²) in [7, 11) is 0. The molecule has 9 aromatic rings. The Morgan fingerprint density at radius 2 is 0.850 bits per heavy atom. The van der Waals surface area contributed by atoms with Crippen LogP contribution in [0.3, 0.4) is 0 Å². The molecule has 0 aliphatic heterocycles. The van der Waals surface area contributed by atoms with Gasteiger partial charge in [0.1, 0.15) is 0 Å². The van der Waals surface area contributed by atoms with Crippen LogP contribution in [0.2, 0.25) is 0 Å². The minimum absolute atomic E-state index is 0.694. The largest absolute Gasteiger partial charge is 0.208 e. The smallest absolute Gasteiger partial charge is 0.165 e. The van der Waals surface area contributed by atoms with Gasteiger partial charge in [-0.2, -0.15) is 0 Å². The Balaban J connectivity index is 1.38. The highest BCUT2D eigenvalue weighted by molar-refractivity contribution is 7.18. The molecular formula is C35H19N3S2. The quantitative estimate of drug-likeness (QED) is 0.207. The Labute approximate surface area is 237 Å². The van der Waals surface area contributed by atoms with Crippen molar-refractivity contribution in [1.82, 2.24) is 15.0 Å². The standard InChI is InChI=1S/C35H19N3S2/c1-4-20-10-11-22-13-15-26(25-14-12-21(5-1)29(20)30(22)25)33-36-34(27-8-2-6-23-16-18-39-31(23)27)38-35(37-33)28-9-3-7-24-17-19-40-32(24)28/h1-19H. The molecular weight excluding hydrogens is 527 g/mol. The van der Waals surface area contributed by atoms with Gasteiger partial charge < -0.3 is 0 Å². The van der Waals surface area contributed by atoms with Gasteiger partial charge in [-0.05, 0) is 84.2 Å². The lowest BCUT2D eigenvalue weighted by Gasteiger charge is -2.14. The van der Waals surface area contributed by atoms with E-state index in [1.54, 1.807) is 22.7 Å². The molecule has 0 bridgehead atoms. The highest BCUT2D eigenvalue weighted by Crippen LogP contribution is 2.40. The van der Waals surface area contributed by atoms with Crippen LogP contribution in [0.5, 0.6) is 0 Å². The van der Waals surface area contributed by atoms with E-state index in [0.717, 1.165) is 22.1 Å². The predicted octanol–water partition coefficient (Wildman–Crippen LogP) is 10.2. The summed E-state index contributed by atoms with van der Waals surface area (Å²) in [5, 5.41) is 14.1. The minimum atomic E-state index is 0.694. The third kappa shape index (κ3) is 3.19. The van der Waals surface area contributed by atoms with Crippen molar-refractivity contribution in [2.75, 3.05) is 0 Å². The third-order valence-electron chi connectivity index (χ3n) is 7.84. The molecule has 0 spiro atoms. The minimum Gasteiger partial charge on any atom is -0.208 e. The molecule has 3 nitrogen and oxygen atoms in total. The zero-order valence-electron chi connectivity index (χ0n) is 21.1. The van der Waals surface area contributed by atoms with Crippen LogP contribution >= 0.6 is 22.7 Å². The molecule has 40 heavy (non-hydrogen) atoms. The second-order valence-corrected chi connectivity index (χ2v) is 11.9. The normalized spacial score (nSPS) is 12.0. The monoisotopic (exact) mass is 545 g/mol. The van der Waals surface area contributed by atoms with Gasteiger partial charge in [-0.3, -0.25) is 0 Å². The second-order valence-electron chi connectivity index (χ2n) is 10.1. The highest BCUT2D eigenvalue weighted by Gasteiger charge is 2.19. The summed E-state index contributed by atoms with van der Waals surface area (Å²) in [5.74, 6) is 2.10. The van der Waals surface area contributed by atoms with E-state index in [4.69, 9.17) is 15.0 Å². The molecule has 0 N–H and O–H groups in total. The number of hydrogen-bond donors (Lipinski definition) is 0. The van der Waals surface area contributed by atoms with Gasteiger partial charge in [0.05, 0.1) is 0 Å². The van der Waals surface area contributed by atoms with E-state index in [0.29, 0.717) is 17.5 Å². The van der Waals surface area contributed by atoms with E-state index in [2.05, 4.69) is 114 Å². The first-order valence-corrected chi connectivity index (χ1v) is 14.9. The van der Waals surface area contributed by atoms with Gasteiger partial charge in [-0.25, -0.2) is 15.0 Å². The molecule has 186 valence electrons. The third-order valence-corrected chi connectivity index (χ3v) is 9.77. The number of hydrogen-bond acceptors (Lipinski definition) is 5. The summed E-state index contributed by atoms with van der Waals surface area (Å²) in [6.45, 7) is 0. The van der Waals surface area contributed by atoms with Crippen molar-refractivity contribution in [3.8, 4) is 34.2 Å². The van der Waals surface area contributed by atoms with Gasteiger partial charge in [-0.1, -0.05) is 72.8 Å². The van der Waals surface area contributed by atoms with Crippen LogP contribution < -0.4 is 0 Å². The van der Waals surface area contributed by atoms with Gasteiger partial charge in [0.25, 0.3) is 0 Å². The Morgan fingerprint density at radius 3 is 1.48 bits per heavy atom. The lowest BCUT2D eigenvalue weighted by atomic mass is 9.92. The molecule has 0 fully saturated rings. The SMILES string of the molecule is c1cc(-c2nc(-c3ccc4ccc5cccc6ccc3c4c56)nc(-c3cccc4ccsc34)n2)c2sccc2c1. The number of thiophene rings is 2. The molecule has 0 aliphatic carbocycles. The van der Waals surface area contributed by atoms with Crippen LogP contribution in [-0.2, 0) is 0 Å². The van der Waals surface area contributed by atoms with E-state index in [-0.39, 0.29) is 0 Å². The Kier molecular flexibility index (Phi) is 4.65. The zero-order chi connectivity index (χ0) is 26.2. The fourth-order valence-corrected chi connectivity index (χ4v) is 7.82. The van der Waals surface area contributed by atoms with Gasteiger partial charge >= 0.3 is 0 Å². The lowest BCUT2D eigenvalue weighted by Crippen LogP contribution is -2.01. The fourth-order valence-electron chi connectivity index (χ4n) is 6.01. The van der Waals surface area contributed by atoms with Gasteiger partial charge in [0.2, 0.25) is 0 Å². The van der Waals surface area contributed by atoms with E-state index in [9.17, 15) is 0 Å². The maximum atomic E-state index is 5.17. The summed E-state index contributed by atoms with van der Waals surface area (Å²) in [5.41, 5.74) is 3.09. The summed E-state index contributed by atoms with van der Waals surface area (Å²) >= 11 is 3.45. The van der Waals surface area contributed by atoms with Crippen molar-refractivity contribution >= 4 is 75.2 Å². The molecule has 6 aromatic carbocycles. The zero-order valence-corrected chi connectivity index (χ0v) is 22.8. The van der Waals surface area contributed by atoms with Gasteiger partial charge in [0, 0.05) is 26.1 Å². The van der Waals surface area contributed by atoms with Crippen molar-refractivity contribution < 1.29 is 0 Å². The molecule has 0 saturated heterocycles. The molecule has 0 unspecified atom stereocenters. The Morgan fingerprint density at radius 1 is 0.375 bits per heavy atom. The lowest BCUT2D eigenvalue weighted by molar-refractivity contribution is 1.08. The Hall–Kier alpha value is -4.71. The van der Waals surface area contributed by atoms with Crippen LogP contribution in [0, 0.1) is 0 Å². The van der Waals surface area contributed by atoms with Crippen LogP contribution in [-0.4, -0.2) is 15.0 Å². The molecule has 3 aromatic heterocycles. The van der Waals surface area contributed by atoms with Gasteiger partial charge in [-0.15, -0.1) is 22.7 Å². The first kappa shape index (κ1) is 22.1. The van der Waals surface area contributed by atoms with Crippen LogP contribution in [0.15, 0.2) is 114 Å². The topological polar surface area (TPSA) is 38.7 Å². The first-order chi connectivity index (χ1) is 19.8. The number of rotatable bonds is 3. The maximum absolute atomic E-state index is 5.17. The van der Waals surface area contributed by atoms with Crippen LogP contribution in [0.25, 0.3) is 86.7 Å². The molecule has 0 saturated carbocycles. The van der Waals surface area contributed by atoms with Crippen molar-refractivity contribution in [3.05, 3.63) is 114 Å². The maximum Gasteiger partial charge on any atom is 0.165 e. The summed E-state index contributed by atoms with van der Waals surface area (Å²) in [4.78, 5) is 15.4. The molecule has 5 heteroatoms. The first-order valence-electron chi connectivity index (χ1n) is 13.2. The molecule has 9 rings (SSSR count). The molecule has 0 radical (unpaired) electrons. The molecule has 3 heterocycles.